The second-order valence-electron chi connectivity index (χ2n) is 4.13. The van der Waals surface area contributed by atoms with Crippen LogP contribution in [-0.2, 0) is 17.8 Å². The Morgan fingerprint density at radius 2 is 2.18 bits per heavy atom. The molecule has 1 aromatic heterocycles. The Morgan fingerprint density at radius 3 is 2.82 bits per heavy atom. The highest BCUT2D eigenvalue weighted by atomic mass is 16.5. The van der Waals surface area contributed by atoms with E-state index in [1.807, 2.05) is 19.1 Å². The van der Waals surface area contributed by atoms with Gasteiger partial charge in [0.2, 0.25) is 0 Å². The van der Waals surface area contributed by atoms with Crippen molar-refractivity contribution in [2.45, 2.75) is 33.4 Å². The van der Waals surface area contributed by atoms with E-state index < -0.39 is 0 Å². The number of nitrogens with one attached hydrogen (secondary N) is 1. The van der Waals surface area contributed by atoms with E-state index in [-0.39, 0.29) is 5.56 Å². The van der Waals surface area contributed by atoms with Gasteiger partial charge in [-0.1, -0.05) is 13.0 Å². The second kappa shape index (κ2) is 7.25. The first kappa shape index (κ1) is 13.9. The SMILES string of the molecule is CCCNCc1ccc(C)n(CCOC)c1=O. The minimum Gasteiger partial charge on any atom is -0.383 e. The average molecular weight is 238 g/mol. The Morgan fingerprint density at radius 1 is 1.41 bits per heavy atom. The lowest BCUT2D eigenvalue weighted by molar-refractivity contribution is 0.185. The van der Waals surface area contributed by atoms with Crippen molar-refractivity contribution in [3.63, 3.8) is 0 Å². The zero-order valence-corrected chi connectivity index (χ0v) is 11.0. The van der Waals surface area contributed by atoms with Crippen molar-refractivity contribution in [1.29, 1.82) is 0 Å². The molecule has 0 unspecified atom stereocenters. The van der Waals surface area contributed by atoms with E-state index in [0.29, 0.717) is 19.7 Å². The molecule has 0 radical (unpaired) electrons. The van der Waals surface area contributed by atoms with Gasteiger partial charge in [-0.25, -0.2) is 0 Å². The summed E-state index contributed by atoms with van der Waals surface area (Å²) in [5, 5.41) is 3.25. The van der Waals surface area contributed by atoms with Crippen LogP contribution in [0.5, 0.6) is 0 Å². The molecule has 0 aliphatic rings. The van der Waals surface area contributed by atoms with Crippen LogP contribution < -0.4 is 10.9 Å². The molecule has 0 aromatic carbocycles. The number of hydrogen-bond donors (Lipinski definition) is 1. The normalized spacial score (nSPS) is 10.8. The quantitative estimate of drug-likeness (QED) is 0.728. The maximum atomic E-state index is 12.2. The van der Waals surface area contributed by atoms with Gasteiger partial charge in [0.25, 0.3) is 5.56 Å². The molecule has 1 aromatic rings. The van der Waals surface area contributed by atoms with Crippen LogP contribution >= 0.6 is 0 Å². The van der Waals surface area contributed by atoms with E-state index in [0.717, 1.165) is 24.2 Å². The number of aromatic nitrogens is 1. The lowest BCUT2D eigenvalue weighted by atomic mass is 10.2. The van der Waals surface area contributed by atoms with E-state index in [1.54, 1.807) is 11.7 Å². The molecule has 0 spiro atoms. The molecule has 0 amide bonds. The van der Waals surface area contributed by atoms with Crippen LogP contribution in [0.3, 0.4) is 0 Å². The van der Waals surface area contributed by atoms with Crippen molar-refractivity contribution in [2.75, 3.05) is 20.3 Å². The fourth-order valence-corrected chi connectivity index (χ4v) is 1.71. The van der Waals surface area contributed by atoms with Gasteiger partial charge in [-0.2, -0.15) is 0 Å². The monoisotopic (exact) mass is 238 g/mol. The van der Waals surface area contributed by atoms with Gasteiger partial charge >= 0.3 is 0 Å². The fraction of sp³-hybridized carbons (Fsp3) is 0.615. The summed E-state index contributed by atoms with van der Waals surface area (Å²) in [5.41, 5.74) is 1.89. The van der Waals surface area contributed by atoms with E-state index in [2.05, 4.69) is 12.2 Å². The highest BCUT2D eigenvalue weighted by Gasteiger charge is 2.05. The Bertz CT molecular complexity index is 399. The van der Waals surface area contributed by atoms with Gasteiger partial charge in [-0.05, 0) is 26.0 Å². The number of pyridine rings is 1. The third-order valence-corrected chi connectivity index (χ3v) is 2.73. The van der Waals surface area contributed by atoms with Gasteiger partial charge in [-0.15, -0.1) is 0 Å². The number of nitrogens with zero attached hydrogens (tertiary/aromatic N) is 1. The fourth-order valence-electron chi connectivity index (χ4n) is 1.71. The standard InChI is InChI=1S/C13H22N2O2/c1-4-7-14-10-12-6-5-11(2)15(13(12)16)8-9-17-3/h5-6,14H,4,7-10H2,1-3H3. The Kier molecular flexibility index (Phi) is 5.94. The van der Waals surface area contributed by atoms with Crippen LogP contribution in [0.4, 0.5) is 0 Å². The van der Waals surface area contributed by atoms with Crippen LogP contribution in [0.25, 0.3) is 0 Å². The molecule has 4 heteroatoms. The molecule has 4 nitrogen and oxygen atoms in total. The van der Waals surface area contributed by atoms with E-state index in [9.17, 15) is 4.79 Å². The molecule has 1 heterocycles. The molecule has 0 fully saturated rings. The minimum absolute atomic E-state index is 0.0886. The van der Waals surface area contributed by atoms with Gasteiger partial charge in [0, 0.05) is 31.5 Å². The summed E-state index contributed by atoms with van der Waals surface area (Å²) in [6.07, 6.45) is 1.07. The third kappa shape index (κ3) is 3.98. The Hall–Kier alpha value is -1.13. The molecule has 1 rings (SSSR count). The zero-order valence-electron chi connectivity index (χ0n) is 11.0. The van der Waals surface area contributed by atoms with Gasteiger partial charge in [0.05, 0.1) is 6.61 Å². The molecule has 0 saturated heterocycles. The van der Waals surface area contributed by atoms with Crippen molar-refractivity contribution in [3.8, 4) is 0 Å². The van der Waals surface area contributed by atoms with Gasteiger partial charge in [0.1, 0.15) is 0 Å². The molecule has 0 saturated carbocycles. The van der Waals surface area contributed by atoms with Crippen LogP contribution in [0.2, 0.25) is 0 Å². The second-order valence-corrected chi connectivity index (χ2v) is 4.13. The van der Waals surface area contributed by atoms with Gasteiger partial charge in [0.15, 0.2) is 0 Å². The maximum Gasteiger partial charge on any atom is 0.255 e. The maximum absolute atomic E-state index is 12.2. The summed E-state index contributed by atoms with van der Waals surface area (Å²) in [5.74, 6) is 0. The number of hydrogen-bond acceptors (Lipinski definition) is 3. The minimum atomic E-state index is 0.0886. The molecule has 1 N–H and O–H groups in total. The van der Waals surface area contributed by atoms with Gasteiger partial charge in [-0.3, -0.25) is 4.79 Å². The lowest BCUT2D eigenvalue weighted by Crippen LogP contribution is -2.29. The number of ether oxygens (including phenoxy) is 1. The van der Waals surface area contributed by atoms with Crippen LogP contribution in [0.15, 0.2) is 16.9 Å². The number of rotatable bonds is 7. The molecule has 0 aliphatic heterocycles. The first-order valence-corrected chi connectivity index (χ1v) is 6.09. The average Bonchev–Trinajstić information content (AvgIpc) is 2.32. The molecule has 96 valence electrons. The molecule has 17 heavy (non-hydrogen) atoms. The van der Waals surface area contributed by atoms with Crippen molar-refractivity contribution in [1.82, 2.24) is 9.88 Å². The first-order chi connectivity index (χ1) is 8.20. The zero-order chi connectivity index (χ0) is 12.7. The van der Waals surface area contributed by atoms with E-state index in [1.165, 1.54) is 0 Å². The summed E-state index contributed by atoms with van der Waals surface area (Å²) in [6.45, 7) is 6.81. The topological polar surface area (TPSA) is 43.3 Å². The summed E-state index contributed by atoms with van der Waals surface area (Å²) < 4.78 is 6.79. The summed E-state index contributed by atoms with van der Waals surface area (Å²) in [4.78, 5) is 12.2. The Labute approximate surface area is 103 Å². The molecule has 0 bridgehead atoms. The summed E-state index contributed by atoms with van der Waals surface area (Å²) in [7, 11) is 1.65. The highest BCUT2D eigenvalue weighted by molar-refractivity contribution is 5.15. The molecule has 0 atom stereocenters. The number of aryl methyl sites for hydroxylation is 1. The molecular weight excluding hydrogens is 216 g/mol. The summed E-state index contributed by atoms with van der Waals surface area (Å²) in [6, 6.07) is 3.89. The third-order valence-electron chi connectivity index (χ3n) is 2.73. The van der Waals surface area contributed by atoms with E-state index in [4.69, 9.17) is 4.74 Å². The van der Waals surface area contributed by atoms with Crippen molar-refractivity contribution in [2.24, 2.45) is 0 Å². The first-order valence-electron chi connectivity index (χ1n) is 6.09. The predicted molar refractivity (Wildman–Crippen MR) is 69.3 cm³/mol. The van der Waals surface area contributed by atoms with Crippen LogP contribution in [-0.4, -0.2) is 24.8 Å². The van der Waals surface area contributed by atoms with Crippen LogP contribution in [0, 0.1) is 6.92 Å². The Balaban J connectivity index is 2.82. The number of methoxy groups -OCH3 is 1. The highest BCUT2D eigenvalue weighted by Crippen LogP contribution is 1.98. The summed E-state index contributed by atoms with van der Waals surface area (Å²) >= 11 is 0. The predicted octanol–water partition coefficient (Wildman–Crippen LogP) is 1.30. The molecular formula is C13H22N2O2. The van der Waals surface area contributed by atoms with Gasteiger partial charge < -0.3 is 14.6 Å². The molecule has 0 aliphatic carbocycles. The largest absolute Gasteiger partial charge is 0.383 e. The van der Waals surface area contributed by atoms with Crippen molar-refractivity contribution >= 4 is 0 Å². The van der Waals surface area contributed by atoms with Crippen LogP contribution in [0.1, 0.15) is 24.6 Å². The lowest BCUT2D eigenvalue weighted by Gasteiger charge is -2.11. The van der Waals surface area contributed by atoms with E-state index >= 15 is 0 Å². The van der Waals surface area contributed by atoms with Crippen molar-refractivity contribution in [3.05, 3.63) is 33.7 Å². The van der Waals surface area contributed by atoms with Crippen molar-refractivity contribution < 1.29 is 4.74 Å². The smallest absolute Gasteiger partial charge is 0.255 e.